The van der Waals surface area contributed by atoms with Crippen LogP contribution < -0.4 is 10.2 Å². The standard InChI is InChI=1S/C33H32BrFN6O5S/c1-3-46-32(44)27-26(37-29(30-36-10-13-47-30)38-28(27)24-9-6-21(35)15-25(24)34)18-39-11-12-40-23(16-39)17-41(33(40)45)22-7-4-20(5-8-22)14-19(2)31(42)43/h4-10,13-15,23,28H,3,11-12,16-18H2,1-2H3,(H,37,38)(H,42,43)/b19-14+. The number of urea groups is 1. The number of thiazole rings is 1. The number of piperazine rings is 1. The summed E-state index contributed by atoms with van der Waals surface area (Å²) in [5.41, 5.74) is 3.26. The fourth-order valence-electron chi connectivity index (χ4n) is 5.98. The van der Waals surface area contributed by atoms with Gasteiger partial charge in [-0.25, -0.2) is 23.8 Å². The van der Waals surface area contributed by atoms with Crippen molar-refractivity contribution >= 4 is 62.8 Å². The van der Waals surface area contributed by atoms with Crippen molar-refractivity contribution in [2.45, 2.75) is 25.9 Å². The molecule has 2 unspecified atom stereocenters. The normalized spacial score (nSPS) is 20.2. The van der Waals surface area contributed by atoms with Crippen LogP contribution in [0.1, 0.15) is 36.0 Å². The molecule has 1 aromatic heterocycles. The zero-order valence-electron chi connectivity index (χ0n) is 25.7. The highest BCUT2D eigenvalue weighted by atomic mass is 79.9. The van der Waals surface area contributed by atoms with Crippen LogP contribution in [0.4, 0.5) is 14.9 Å². The number of hydrogen-bond acceptors (Lipinski definition) is 9. The number of rotatable bonds is 9. The number of amidine groups is 1. The third-order valence-electron chi connectivity index (χ3n) is 8.26. The van der Waals surface area contributed by atoms with Crippen LogP contribution in [0.2, 0.25) is 0 Å². The minimum Gasteiger partial charge on any atom is -0.478 e. The van der Waals surface area contributed by atoms with Gasteiger partial charge in [0.25, 0.3) is 0 Å². The number of carboxylic acids is 1. The molecule has 0 bridgehead atoms. The van der Waals surface area contributed by atoms with Crippen LogP contribution in [0, 0.1) is 5.82 Å². The molecule has 2 aromatic carbocycles. The van der Waals surface area contributed by atoms with Crippen molar-refractivity contribution in [2.24, 2.45) is 4.99 Å². The molecule has 0 aliphatic carbocycles. The van der Waals surface area contributed by atoms with E-state index in [1.807, 2.05) is 22.4 Å². The van der Waals surface area contributed by atoms with Crippen molar-refractivity contribution < 1.29 is 28.6 Å². The van der Waals surface area contributed by atoms with Gasteiger partial charge in [0.1, 0.15) is 11.9 Å². The second-order valence-electron chi connectivity index (χ2n) is 11.3. The maximum absolute atomic E-state index is 14.1. The third kappa shape index (κ3) is 6.85. The van der Waals surface area contributed by atoms with Gasteiger partial charge in [0.05, 0.1) is 18.2 Å². The number of aliphatic carboxylic acids is 1. The molecule has 3 aliphatic rings. The van der Waals surface area contributed by atoms with Crippen molar-refractivity contribution in [1.82, 2.24) is 20.1 Å². The quantitative estimate of drug-likeness (QED) is 0.232. The maximum Gasteiger partial charge on any atom is 0.338 e. The second kappa shape index (κ2) is 13.8. The number of amides is 2. The van der Waals surface area contributed by atoms with Crippen molar-refractivity contribution in [3.63, 3.8) is 0 Å². The van der Waals surface area contributed by atoms with E-state index >= 15 is 0 Å². The first-order valence-corrected chi connectivity index (χ1v) is 16.7. The SMILES string of the molecule is CCOC(=O)C1=C(CN2CCN3C(=O)N(c4ccc(/C=C(\C)C(=O)O)cc4)CC3C2)NC(c2nccs2)=NC1c1ccc(F)cc1Br. The molecule has 244 valence electrons. The lowest BCUT2D eigenvalue weighted by atomic mass is 9.95. The van der Waals surface area contributed by atoms with Gasteiger partial charge >= 0.3 is 18.0 Å². The Balaban J connectivity index is 1.26. The maximum atomic E-state index is 14.1. The van der Waals surface area contributed by atoms with Gasteiger partial charge < -0.3 is 20.1 Å². The van der Waals surface area contributed by atoms with E-state index in [0.717, 1.165) is 11.3 Å². The number of nitrogens with one attached hydrogen (secondary N) is 1. The van der Waals surface area contributed by atoms with Gasteiger partial charge in [0.2, 0.25) is 0 Å². The van der Waals surface area contributed by atoms with Crippen LogP contribution in [0.3, 0.4) is 0 Å². The number of fused-ring (bicyclic) bond motifs is 1. The highest BCUT2D eigenvalue weighted by molar-refractivity contribution is 9.10. The minimum absolute atomic E-state index is 0.0821. The molecule has 0 saturated carbocycles. The summed E-state index contributed by atoms with van der Waals surface area (Å²) in [6.45, 7) is 5.92. The Morgan fingerprint density at radius 3 is 2.66 bits per heavy atom. The van der Waals surface area contributed by atoms with Gasteiger partial charge in [0.15, 0.2) is 10.8 Å². The molecule has 2 saturated heterocycles. The number of ether oxygens (including phenoxy) is 1. The van der Waals surface area contributed by atoms with Gasteiger partial charge in [-0.05, 0) is 55.3 Å². The average molecular weight is 724 g/mol. The monoisotopic (exact) mass is 722 g/mol. The highest BCUT2D eigenvalue weighted by Gasteiger charge is 2.42. The predicted molar refractivity (Wildman–Crippen MR) is 180 cm³/mol. The topological polar surface area (TPSA) is 128 Å². The molecule has 0 spiro atoms. The summed E-state index contributed by atoms with van der Waals surface area (Å²) in [5, 5.41) is 15.0. The molecule has 2 N–H and O–H groups in total. The number of carboxylic acid groups (broad SMARTS) is 1. The van der Waals surface area contributed by atoms with Crippen molar-refractivity contribution in [2.75, 3.05) is 44.2 Å². The van der Waals surface area contributed by atoms with Crippen molar-refractivity contribution in [3.8, 4) is 0 Å². The molecular weight excluding hydrogens is 691 g/mol. The number of halogens is 2. The number of hydrogen-bond donors (Lipinski definition) is 2. The third-order valence-corrected chi connectivity index (χ3v) is 9.72. The molecule has 2 amide bonds. The Kier molecular flexibility index (Phi) is 9.52. The van der Waals surface area contributed by atoms with E-state index in [1.165, 1.54) is 30.4 Å². The Morgan fingerprint density at radius 1 is 1.19 bits per heavy atom. The fraction of sp³-hybridized carbons (Fsp3) is 0.303. The molecule has 3 aromatic rings. The number of anilines is 1. The molecule has 47 heavy (non-hydrogen) atoms. The average Bonchev–Trinajstić information content (AvgIpc) is 3.70. The minimum atomic E-state index is -0.982. The number of benzene rings is 2. The summed E-state index contributed by atoms with van der Waals surface area (Å²) in [6, 6.07) is 10.6. The number of nitrogens with zero attached hydrogens (tertiary/aromatic N) is 5. The molecular formula is C33H32BrFN6O5S. The molecule has 0 radical (unpaired) electrons. The predicted octanol–water partition coefficient (Wildman–Crippen LogP) is 5.07. The lowest BCUT2D eigenvalue weighted by Gasteiger charge is -2.38. The van der Waals surface area contributed by atoms with E-state index in [4.69, 9.17) is 9.73 Å². The molecule has 6 rings (SSSR count). The summed E-state index contributed by atoms with van der Waals surface area (Å²) in [6.07, 6.45) is 3.27. The Hall–Kier alpha value is -4.40. The Labute approximate surface area is 283 Å². The Morgan fingerprint density at radius 2 is 1.98 bits per heavy atom. The highest BCUT2D eigenvalue weighted by Crippen LogP contribution is 2.37. The van der Waals surface area contributed by atoms with Gasteiger partial charge in [0, 0.05) is 65.7 Å². The van der Waals surface area contributed by atoms with Gasteiger partial charge in [-0.2, -0.15) is 0 Å². The largest absolute Gasteiger partial charge is 0.478 e. The van der Waals surface area contributed by atoms with E-state index in [0.29, 0.717) is 64.9 Å². The first kappa shape index (κ1) is 32.5. The summed E-state index contributed by atoms with van der Waals surface area (Å²) >= 11 is 4.88. The van der Waals surface area contributed by atoms with Crippen LogP contribution in [0.25, 0.3) is 6.08 Å². The van der Waals surface area contributed by atoms with E-state index < -0.39 is 23.8 Å². The first-order chi connectivity index (χ1) is 22.6. The summed E-state index contributed by atoms with van der Waals surface area (Å²) in [4.78, 5) is 53.3. The second-order valence-corrected chi connectivity index (χ2v) is 13.1. The molecule has 2 fully saturated rings. The van der Waals surface area contributed by atoms with E-state index in [1.54, 1.807) is 42.3 Å². The van der Waals surface area contributed by atoms with Gasteiger partial charge in [-0.15, -0.1) is 11.3 Å². The van der Waals surface area contributed by atoms with Gasteiger partial charge in [-0.1, -0.05) is 34.1 Å². The van der Waals surface area contributed by atoms with Crippen molar-refractivity contribution in [1.29, 1.82) is 0 Å². The number of carbonyl (C=O) groups is 3. The lowest BCUT2D eigenvalue weighted by Crippen LogP contribution is -2.53. The van der Waals surface area contributed by atoms with Crippen LogP contribution in [-0.4, -0.2) is 89.1 Å². The number of aromatic nitrogens is 1. The molecule has 4 heterocycles. The smallest absolute Gasteiger partial charge is 0.338 e. The number of esters is 1. The van der Waals surface area contributed by atoms with Gasteiger partial charge in [-0.3, -0.25) is 14.8 Å². The fourth-order valence-corrected chi connectivity index (χ4v) is 7.14. The van der Waals surface area contributed by atoms with E-state index in [9.17, 15) is 23.9 Å². The zero-order chi connectivity index (χ0) is 33.2. The van der Waals surface area contributed by atoms with Crippen LogP contribution in [0.5, 0.6) is 0 Å². The van der Waals surface area contributed by atoms with Crippen LogP contribution >= 0.6 is 27.3 Å². The summed E-state index contributed by atoms with van der Waals surface area (Å²) < 4.78 is 20.1. The van der Waals surface area contributed by atoms with Crippen LogP contribution in [-0.2, 0) is 14.3 Å². The summed E-state index contributed by atoms with van der Waals surface area (Å²) in [5.74, 6) is -1.41. The molecule has 3 aliphatic heterocycles. The van der Waals surface area contributed by atoms with E-state index in [2.05, 4.69) is 31.1 Å². The van der Waals surface area contributed by atoms with Crippen LogP contribution in [0.15, 0.2) is 80.3 Å². The molecule has 11 nitrogen and oxygen atoms in total. The van der Waals surface area contributed by atoms with Crippen molar-refractivity contribution in [3.05, 3.63) is 97.3 Å². The number of carbonyl (C=O) groups excluding carboxylic acids is 2. The molecule has 2 atom stereocenters. The number of aliphatic imine (C=N–C) groups is 1. The molecule has 14 heteroatoms. The Bertz CT molecular complexity index is 1790. The zero-order valence-corrected chi connectivity index (χ0v) is 28.1. The first-order valence-electron chi connectivity index (χ1n) is 15.0. The lowest BCUT2D eigenvalue weighted by molar-refractivity contribution is -0.139. The van der Waals surface area contributed by atoms with E-state index in [-0.39, 0.29) is 24.3 Å². The summed E-state index contributed by atoms with van der Waals surface area (Å²) in [7, 11) is 0.